The van der Waals surface area contributed by atoms with Gasteiger partial charge in [-0.25, -0.2) is 13.1 Å². The maximum Gasteiger partial charge on any atom is 0.240 e. The Balaban J connectivity index is 2.07. The normalized spacial score (nSPS) is 11.4. The highest BCUT2D eigenvalue weighted by molar-refractivity contribution is 7.89. The van der Waals surface area contributed by atoms with Crippen molar-refractivity contribution in [3.63, 3.8) is 0 Å². The molecule has 1 aromatic carbocycles. The molecule has 9 heteroatoms. The molecule has 2 aromatic rings. The molecule has 0 saturated carbocycles. The number of aryl methyl sites for hydroxylation is 2. The van der Waals surface area contributed by atoms with Gasteiger partial charge in [-0.15, -0.1) is 0 Å². The molecule has 1 N–H and O–H groups in total. The zero-order chi connectivity index (χ0) is 18.6. The Labute approximate surface area is 146 Å². The molecular formula is C16H21N3O5S. The van der Waals surface area contributed by atoms with Gasteiger partial charge in [0.1, 0.15) is 11.5 Å². The summed E-state index contributed by atoms with van der Waals surface area (Å²) in [4.78, 5) is 13.3. The van der Waals surface area contributed by atoms with E-state index in [1.165, 1.54) is 25.0 Å². The Morgan fingerprint density at radius 1 is 1.32 bits per heavy atom. The second-order valence-corrected chi connectivity index (χ2v) is 7.23. The highest BCUT2D eigenvalue weighted by Gasteiger charge is 2.19. The molecular weight excluding hydrogens is 346 g/mol. The van der Waals surface area contributed by atoms with Crippen molar-refractivity contribution in [1.82, 2.24) is 9.88 Å². The Bertz CT molecular complexity index is 860. The first-order valence-corrected chi connectivity index (χ1v) is 9.08. The average molecular weight is 367 g/mol. The summed E-state index contributed by atoms with van der Waals surface area (Å²) in [6, 6.07) is 6.33. The highest BCUT2D eigenvalue weighted by Crippen LogP contribution is 2.21. The molecule has 1 amide bonds. The van der Waals surface area contributed by atoms with Gasteiger partial charge in [0.2, 0.25) is 15.9 Å². The van der Waals surface area contributed by atoms with Crippen molar-refractivity contribution >= 4 is 21.7 Å². The first-order valence-electron chi connectivity index (χ1n) is 7.60. The number of amides is 1. The van der Waals surface area contributed by atoms with E-state index in [2.05, 4.69) is 9.88 Å². The van der Waals surface area contributed by atoms with E-state index in [1.807, 2.05) is 0 Å². The van der Waals surface area contributed by atoms with E-state index in [9.17, 15) is 13.2 Å². The summed E-state index contributed by atoms with van der Waals surface area (Å²) in [5, 5.41) is 3.78. The van der Waals surface area contributed by atoms with Crippen LogP contribution in [-0.2, 0) is 14.8 Å². The van der Waals surface area contributed by atoms with Gasteiger partial charge in [0.05, 0.1) is 12.0 Å². The number of ether oxygens (including phenoxy) is 1. The maximum absolute atomic E-state index is 12.5. The van der Waals surface area contributed by atoms with Gasteiger partial charge < -0.3 is 9.26 Å². The van der Waals surface area contributed by atoms with Gasteiger partial charge >= 0.3 is 0 Å². The molecule has 2 rings (SSSR count). The van der Waals surface area contributed by atoms with Crippen molar-refractivity contribution in [3.05, 3.63) is 35.6 Å². The molecule has 0 aliphatic rings. The molecule has 25 heavy (non-hydrogen) atoms. The number of aromatic nitrogens is 1. The average Bonchev–Trinajstić information content (AvgIpc) is 2.96. The molecule has 0 radical (unpaired) electrons. The molecule has 0 fully saturated rings. The molecule has 0 spiro atoms. The number of rotatable bonds is 7. The summed E-state index contributed by atoms with van der Waals surface area (Å²) in [6.45, 7) is 4.96. The SMILES string of the molecule is COc1ccc(S(=O)(=O)NCCN(C(C)=O)c2cc(C)on2)c(C)c1. The fourth-order valence-electron chi connectivity index (χ4n) is 2.33. The van der Waals surface area contributed by atoms with Gasteiger partial charge in [0, 0.05) is 26.1 Å². The number of benzene rings is 1. The summed E-state index contributed by atoms with van der Waals surface area (Å²) >= 11 is 0. The number of nitrogens with zero attached hydrogens (tertiary/aromatic N) is 2. The van der Waals surface area contributed by atoms with Gasteiger partial charge in [-0.3, -0.25) is 9.69 Å². The summed E-state index contributed by atoms with van der Waals surface area (Å²) in [7, 11) is -2.18. The molecule has 0 aliphatic carbocycles. The van der Waals surface area contributed by atoms with Crippen molar-refractivity contribution in [2.45, 2.75) is 25.7 Å². The molecule has 1 aromatic heterocycles. The zero-order valence-corrected chi connectivity index (χ0v) is 15.4. The Morgan fingerprint density at radius 3 is 2.56 bits per heavy atom. The minimum Gasteiger partial charge on any atom is -0.497 e. The third-order valence-electron chi connectivity index (χ3n) is 3.57. The van der Waals surface area contributed by atoms with Crippen LogP contribution < -0.4 is 14.4 Å². The van der Waals surface area contributed by atoms with E-state index < -0.39 is 10.0 Å². The van der Waals surface area contributed by atoms with Crippen LogP contribution in [0.25, 0.3) is 0 Å². The number of anilines is 1. The monoisotopic (exact) mass is 367 g/mol. The van der Waals surface area contributed by atoms with Crippen molar-refractivity contribution in [3.8, 4) is 5.75 Å². The quantitative estimate of drug-likeness (QED) is 0.798. The molecule has 0 unspecified atom stereocenters. The maximum atomic E-state index is 12.5. The molecule has 8 nitrogen and oxygen atoms in total. The zero-order valence-electron chi connectivity index (χ0n) is 14.6. The van der Waals surface area contributed by atoms with E-state index in [4.69, 9.17) is 9.26 Å². The van der Waals surface area contributed by atoms with E-state index >= 15 is 0 Å². The van der Waals surface area contributed by atoms with Crippen LogP contribution in [0, 0.1) is 13.8 Å². The number of hydrogen-bond acceptors (Lipinski definition) is 6. The number of nitrogens with one attached hydrogen (secondary N) is 1. The fraction of sp³-hybridized carbons (Fsp3) is 0.375. The first-order chi connectivity index (χ1) is 11.7. The lowest BCUT2D eigenvalue weighted by Crippen LogP contribution is -2.37. The number of methoxy groups -OCH3 is 1. The summed E-state index contributed by atoms with van der Waals surface area (Å²) in [6.07, 6.45) is 0. The van der Waals surface area contributed by atoms with Crippen molar-refractivity contribution < 1.29 is 22.5 Å². The van der Waals surface area contributed by atoms with Gasteiger partial charge in [0.25, 0.3) is 0 Å². The Morgan fingerprint density at radius 2 is 2.04 bits per heavy atom. The van der Waals surface area contributed by atoms with E-state index in [1.54, 1.807) is 32.0 Å². The number of hydrogen-bond donors (Lipinski definition) is 1. The van der Waals surface area contributed by atoms with Crippen LogP contribution in [0.5, 0.6) is 5.75 Å². The first kappa shape index (κ1) is 18.9. The molecule has 0 atom stereocenters. The standard InChI is InChI=1S/C16H21N3O5S/c1-11-9-14(23-4)5-6-15(11)25(21,22)17-7-8-19(13(3)20)16-10-12(2)24-18-16/h5-6,9-10,17H,7-8H2,1-4H3. The van der Waals surface area contributed by atoms with Crippen LogP contribution in [0.3, 0.4) is 0 Å². The van der Waals surface area contributed by atoms with Crippen molar-refractivity contribution in [2.75, 3.05) is 25.1 Å². The van der Waals surface area contributed by atoms with Gasteiger partial charge in [-0.1, -0.05) is 5.16 Å². The topological polar surface area (TPSA) is 102 Å². The van der Waals surface area contributed by atoms with Gasteiger partial charge in [0.15, 0.2) is 5.82 Å². The van der Waals surface area contributed by atoms with Crippen LogP contribution in [0.2, 0.25) is 0 Å². The van der Waals surface area contributed by atoms with Crippen LogP contribution in [-0.4, -0.2) is 39.7 Å². The minimum atomic E-state index is -3.70. The smallest absolute Gasteiger partial charge is 0.240 e. The highest BCUT2D eigenvalue weighted by atomic mass is 32.2. The summed E-state index contributed by atoms with van der Waals surface area (Å²) in [5.41, 5.74) is 0.572. The predicted octanol–water partition coefficient (Wildman–Crippen LogP) is 1.63. The molecule has 0 aliphatic heterocycles. The van der Waals surface area contributed by atoms with E-state index in [-0.39, 0.29) is 23.9 Å². The van der Waals surface area contributed by atoms with Crippen LogP contribution in [0.15, 0.2) is 33.7 Å². The lowest BCUT2D eigenvalue weighted by Gasteiger charge is -2.18. The van der Waals surface area contributed by atoms with Gasteiger partial charge in [-0.2, -0.15) is 0 Å². The largest absolute Gasteiger partial charge is 0.497 e. The number of carbonyl (C=O) groups excluding carboxylic acids is 1. The lowest BCUT2D eigenvalue weighted by molar-refractivity contribution is -0.116. The molecule has 0 saturated heterocycles. The van der Waals surface area contributed by atoms with Crippen molar-refractivity contribution in [2.24, 2.45) is 0 Å². The number of carbonyl (C=O) groups is 1. The Kier molecular flexibility index (Phi) is 5.81. The third kappa shape index (κ3) is 4.58. The third-order valence-corrected chi connectivity index (χ3v) is 5.19. The van der Waals surface area contributed by atoms with E-state index in [0.717, 1.165) is 0 Å². The number of sulfonamides is 1. The molecule has 136 valence electrons. The Hall–Kier alpha value is -2.39. The van der Waals surface area contributed by atoms with Crippen molar-refractivity contribution in [1.29, 1.82) is 0 Å². The predicted molar refractivity (Wildman–Crippen MR) is 92.2 cm³/mol. The van der Waals surface area contributed by atoms with Crippen LogP contribution >= 0.6 is 0 Å². The second kappa shape index (κ2) is 7.66. The fourth-order valence-corrected chi connectivity index (χ4v) is 3.58. The summed E-state index contributed by atoms with van der Waals surface area (Å²) < 4.78 is 37.4. The second-order valence-electron chi connectivity index (χ2n) is 5.50. The minimum absolute atomic E-state index is 0.0410. The molecule has 1 heterocycles. The van der Waals surface area contributed by atoms with E-state index in [0.29, 0.717) is 22.9 Å². The lowest BCUT2D eigenvalue weighted by atomic mass is 10.2. The summed E-state index contributed by atoms with van der Waals surface area (Å²) in [5.74, 6) is 1.24. The van der Waals surface area contributed by atoms with Gasteiger partial charge in [-0.05, 0) is 37.6 Å². The van der Waals surface area contributed by atoms with Crippen LogP contribution in [0.4, 0.5) is 5.82 Å². The molecule has 0 bridgehead atoms. The van der Waals surface area contributed by atoms with Crippen LogP contribution in [0.1, 0.15) is 18.2 Å².